The van der Waals surface area contributed by atoms with Crippen LogP contribution in [0.25, 0.3) is 0 Å². The van der Waals surface area contributed by atoms with E-state index < -0.39 is 10.8 Å². The van der Waals surface area contributed by atoms with Gasteiger partial charge in [0.25, 0.3) is 0 Å². The van der Waals surface area contributed by atoms with E-state index >= 15 is 0 Å². The summed E-state index contributed by atoms with van der Waals surface area (Å²) in [5, 5.41) is 3.14. The third-order valence-corrected chi connectivity index (χ3v) is 2.75. The van der Waals surface area contributed by atoms with Crippen molar-refractivity contribution < 1.29 is 4.21 Å². The van der Waals surface area contributed by atoms with Crippen LogP contribution in [0.1, 0.15) is 12.0 Å². The van der Waals surface area contributed by atoms with Gasteiger partial charge in [-0.3, -0.25) is 4.21 Å². The van der Waals surface area contributed by atoms with Crippen LogP contribution >= 0.6 is 0 Å². The van der Waals surface area contributed by atoms with Gasteiger partial charge < -0.3 is 11.1 Å². The average molecular weight is 228 g/mol. The van der Waals surface area contributed by atoms with Gasteiger partial charge in [0.2, 0.25) is 5.95 Å². The number of rotatable bonds is 5. The molecule has 0 saturated carbocycles. The van der Waals surface area contributed by atoms with E-state index in [0.717, 1.165) is 24.3 Å². The Labute approximate surface area is 92.0 Å². The first-order valence-electron chi connectivity index (χ1n) is 4.72. The number of nitrogen functional groups attached to an aromatic ring is 1. The number of aryl methyl sites for hydroxylation is 1. The number of nitrogens with two attached hydrogens (primary N) is 1. The molecule has 6 heteroatoms. The maximum Gasteiger partial charge on any atom is 0.221 e. The molecule has 84 valence electrons. The van der Waals surface area contributed by atoms with E-state index in [0.29, 0.717) is 5.75 Å². The number of anilines is 2. The number of hydrogen-bond acceptors (Lipinski definition) is 5. The Morgan fingerprint density at radius 2 is 2.33 bits per heavy atom. The molecule has 1 aromatic rings. The molecule has 1 aromatic heterocycles. The summed E-state index contributed by atoms with van der Waals surface area (Å²) in [5.41, 5.74) is 6.43. The lowest BCUT2D eigenvalue weighted by Gasteiger charge is -2.07. The van der Waals surface area contributed by atoms with Crippen molar-refractivity contribution in [1.29, 1.82) is 0 Å². The van der Waals surface area contributed by atoms with Crippen LogP contribution in [0.3, 0.4) is 0 Å². The molecule has 1 atom stereocenters. The molecule has 5 nitrogen and oxygen atoms in total. The lowest BCUT2D eigenvalue weighted by molar-refractivity contribution is 0.685. The zero-order chi connectivity index (χ0) is 11.3. The van der Waals surface area contributed by atoms with Gasteiger partial charge in [-0.05, 0) is 13.3 Å². The lowest BCUT2D eigenvalue weighted by Crippen LogP contribution is -2.09. The first kappa shape index (κ1) is 11.9. The minimum absolute atomic E-state index is 0.266. The fourth-order valence-electron chi connectivity index (χ4n) is 1.12. The minimum atomic E-state index is -0.731. The standard InChI is InChI=1S/C9H16N4OS/c1-7-6-12-9(10)13-8(7)11-4-3-5-15(2)14/h6H,3-5H2,1-2H3,(H3,10,11,12,13). The Hall–Kier alpha value is -1.17. The summed E-state index contributed by atoms with van der Waals surface area (Å²) in [5.74, 6) is 1.72. The predicted molar refractivity (Wildman–Crippen MR) is 63.2 cm³/mol. The molecule has 0 bridgehead atoms. The zero-order valence-corrected chi connectivity index (χ0v) is 9.80. The predicted octanol–water partition coefficient (Wildman–Crippen LogP) is 0.548. The summed E-state index contributed by atoms with van der Waals surface area (Å²) >= 11 is 0. The topological polar surface area (TPSA) is 80.9 Å². The van der Waals surface area contributed by atoms with Gasteiger partial charge in [-0.25, -0.2) is 4.98 Å². The van der Waals surface area contributed by atoms with Crippen molar-refractivity contribution in [1.82, 2.24) is 9.97 Å². The summed E-state index contributed by atoms with van der Waals surface area (Å²) in [4.78, 5) is 7.94. The van der Waals surface area contributed by atoms with Gasteiger partial charge in [0, 0.05) is 41.1 Å². The molecule has 3 N–H and O–H groups in total. The number of nitrogens with one attached hydrogen (secondary N) is 1. The second kappa shape index (κ2) is 5.65. The van der Waals surface area contributed by atoms with E-state index in [4.69, 9.17) is 5.73 Å². The van der Waals surface area contributed by atoms with Crippen LogP contribution < -0.4 is 11.1 Å². The first-order valence-corrected chi connectivity index (χ1v) is 6.45. The molecule has 0 amide bonds. The van der Waals surface area contributed by atoms with Gasteiger partial charge in [0.05, 0.1) is 0 Å². The molecule has 15 heavy (non-hydrogen) atoms. The molecule has 0 radical (unpaired) electrons. The van der Waals surface area contributed by atoms with E-state index in [1.165, 1.54) is 0 Å². The van der Waals surface area contributed by atoms with Crippen molar-refractivity contribution in [3.05, 3.63) is 11.8 Å². The van der Waals surface area contributed by atoms with Gasteiger partial charge in [0.1, 0.15) is 5.82 Å². The smallest absolute Gasteiger partial charge is 0.221 e. The Balaban J connectivity index is 2.43. The third kappa shape index (κ3) is 4.24. The second-order valence-electron chi connectivity index (χ2n) is 3.32. The highest BCUT2D eigenvalue weighted by Gasteiger charge is 2.00. The van der Waals surface area contributed by atoms with Crippen LogP contribution in [0.4, 0.5) is 11.8 Å². The van der Waals surface area contributed by atoms with E-state index in [1.54, 1.807) is 12.5 Å². The van der Waals surface area contributed by atoms with Crippen LogP contribution in [0.5, 0.6) is 0 Å². The minimum Gasteiger partial charge on any atom is -0.370 e. The molecule has 0 aliphatic heterocycles. The Morgan fingerprint density at radius 3 is 3.00 bits per heavy atom. The van der Waals surface area contributed by atoms with Gasteiger partial charge >= 0.3 is 0 Å². The molecule has 0 aliphatic rings. The fourth-order valence-corrected chi connectivity index (χ4v) is 1.67. The molecular formula is C9H16N4OS. The normalized spacial score (nSPS) is 12.4. The van der Waals surface area contributed by atoms with Gasteiger partial charge in [-0.1, -0.05) is 0 Å². The van der Waals surface area contributed by atoms with Gasteiger partial charge in [-0.2, -0.15) is 4.98 Å². The van der Waals surface area contributed by atoms with Crippen molar-refractivity contribution in [2.75, 3.05) is 29.6 Å². The van der Waals surface area contributed by atoms with Crippen molar-refractivity contribution >= 4 is 22.6 Å². The molecule has 0 saturated heterocycles. The highest BCUT2D eigenvalue weighted by molar-refractivity contribution is 7.84. The molecule has 1 rings (SSSR count). The van der Waals surface area contributed by atoms with Gasteiger partial charge in [0.15, 0.2) is 0 Å². The van der Waals surface area contributed by atoms with E-state index in [1.807, 2.05) is 6.92 Å². The fraction of sp³-hybridized carbons (Fsp3) is 0.556. The Bertz CT molecular complexity index is 356. The maximum absolute atomic E-state index is 10.8. The molecular weight excluding hydrogens is 212 g/mol. The van der Waals surface area contributed by atoms with Crippen molar-refractivity contribution in [2.45, 2.75) is 13.3 Å². The molecule has 1 unspecified atom stereocenters. The zero-order valence-electron chi connectivity index (χ0n) is 8.99. The van der Waals surface area contributed by atoms with Crippen molar-refractivity contribution in [3.63, 3.8) is 0 Å². The molecule has 1 heterocycles. The quantitative estimate of drug-likeness (QED) is 0.719. The molecule has 0 aromatic carbocycles. The van der Waals surface area contributed by atoms with Crippen molar-refractivity contribution in [3.8, 4) is 0 Å². The van der Waals surface area contributed by atoms with Crippen LogP contribution in [-0.2, 0) is 10.8 Å². The highest BCUT2D eigenvalue weighted by Crippen LogP contribution is 2.10. The Morgan fingerprint density at radius 1 is 1.60 bits per heavy atom. The summed E-state index contributed by atoms with van der Waals surface area (Å²) in [6, 6.07) is 0. The van der Waals surface area contributed by atoms with E-state index in [2.05, 4.69) is 15.3 Å². The molecule has 0 fully saturated rings. The highest BCUT2D eigenvalue weighted by atomic mass is 32.2. The molecule has 0 aliphatic carbocycles. The summed E-state index contributed by atoms with van der Waals surface area (Å²) in [6.07, 6.45) is 4.24. The first-order chi connectivity index (χ1) is 7.09. The number of aromatic nitrogens is 2. The summed E-state index contributed by atoms with van der Waals surface area (Å²) in [6.45, 7) is 2.66. The summed E-state index contributed by atoms with van der Waals surface area (Å²) in [7, 11) is -0.731. The number of hydrogen-bond donors (Lipinski definition) is 2. The van der Waals surface area contributed by atoms with Crippen molar-refractivity contribution in [2.24, 2.45) is 0 Å². The number of nitrogens with zero attached hydrogens (tertiary/aromatic N) is 2. The Kier molecular flexibility index (Phi) is 4.48. The SMILES string of the molecule is Cc1cnc(N)nc1NCCCS(C)=O. The van der Waals surface area contributed by atoms with Crippen LogP contribution in [0.2, 0.25) is 0 Å². The lowest BCUT2D eigenvalue weighted by atomic mass is 10.3. The van der Waals surface area contributed by atoms with Crippen LogP contribution in [0.15, 0.2) is 6.20 Å². The molecule has 0 spiro atoms. The monoisotopic (exact) mass is 228 g/mol. The van der Waals surface area contributed by atoms with Crippen LogP contribution in [0, 0.1) is 6.92 Å². The van der Waals surface area contributed by atoms with Crippen LogP contribution in [-0.4, -0.2) is 32.7 Å². The second-order valence-corrected chi connectivity index (χ2v) is 4.87. The summed E-state index contributed by atoms with van der Waals surface area (Å²) < 4.78 is 10.8. The maximum atomic E-state index is 10.8. The van der Waals surface area contributed by atoms with E-state index in [9.17, 15) is 4.21 Å². The average Bonchev–Trinajstić information content (AvgIpc) is 2.17. The van der Waals surface area contributed by atoms with Gasteiger partial charge in [-0.15, -0.1) is 0 Å². The van der Waals surface area contributed by atoms with E-state index in [-0.39, 0.29) is 5.95 Å². The largest absolute Gasteiger partial charge is 0.370 e. The third-order valence-electron chi connectivity index (χ3n) is 1.89.